The molecule has 0 aliphatic heterocycles. The summed E-state index contributed by atoms with van der Waals surface area (Å²) in [7, 11) is 2.04. The van der Waals surface area contributed by atoms with E-state index in [9.17, 15) is 4.79 Å². The number of rotatable bonds is 7. The largest absolute Gasteiger partial charge is 0.444 e. The second-order valence-corrected chi connectivity index (χ2v) is 6.07. The number of carbonyl (C=O) groups excluding carboxylic acids is 1. The summed E-state index contributed by atoms with van der Waals surface area (Å²) in [6.45, 7) is 11.2. The summed E-state index contributed by atoms with van der Waals surface area (Å²) in [5.41, 5.74) is 5.34. The molecular weight excluding hydrogens is 242 g/mol. The predicted molar refractivity (Wildman–Crippen MR) is 79.2 cm³/mol. The van der Waals surface area contributed by atoms with E-state index in [1.165, 1.54) is 0 Å². The van der Waals surface area contributed by atoms with Crippen LogP contribution in [0.2, 0.25) is 0 Å². The number of hydrogen-bond donors (Lipinski definition) is 2. The van der Waals surface area contributed by atoms with E-state index in [-0.39, 0.29) is 18.2 Å². The number of carbonyl (C=O) groups is 1. The summed E-state index contributed by atoms with van der Waals surface area (Å²) in [5, 5.41) is 2.86. The van der Waals surface area contributed by atoms with Crippen LogP contribution in [0.25, 0.3) is 0 Å². The highest BCUT2D eigenvalue weighted by Crippen LogP contribution is 2.08. The number of nitrogens with one attached hydrogen (secondary N) is 1. The molecule has 0 fully saturated rings. The molecule has 5 nitrogen and oxygen atoms in total. The van der Waals surface area contributed by atoms with E-state index in [1.54, 1.807) is 0 Å². The van der Waals surface area contributed by atoms with Crippen LogP contribution in [0.4, 0.5) is 4.79 Å². The Morgan fingerprint density at radius 3 is 2.42 bits per heavy atom. The van der Waals surface area contributed by atoms with Crippen molar-refractivity contribution in [1.29, 1.82) is 0 Å². The molecule has 0 saturated heterocycles. The molecule has 2 atom stereocenters. The molecule has 0 rings (SSSR count). The van der Waals surface area contributed by atoms with Crippen molar-refractivity contribution in [3.05, 3.63) is 0 Å². The molecule has 0 aliphatic rings. The predicted octanol–water partition coefficient (Wildman–Crippen LogP) is 1.96. The van der Waals surface area contributed by atoms with Crippen molar-refractivity contribution >= 4 is 6.09 Å². The maximum Gasteiger partial charge on any atom is 0.407 e. The monoisotopic (exact) mass is 273 g/mol. The maximum atomic E-state index is 11.7. The fraction of sp³-hybridized carbons (Fsp3) is 0.929. The molecule has 0 spiro atoms. The van der Waals surface area contributed by atoms with E-state index < -0.39 is 5.60 Å². The van der Waals surface area contributed by atoms with Gasteiger partial charge < -0.3 is 20.7 Å². The quantitative estimate of drug-likeness (QED) is 0.744. The summed E-state index contributed by atoms with van der Waals surface area (Å²) in [4.78, 5) is 13.9. The number of amides is 1. The average Bonchev–Trinajstić information content (AvgIpc) is 2.24. The first kappa shape index (κ1) is 18.2. The van der Waals surface area contributed by atoms with E-state index >= 15 is 0 Å². The van der Waals surface area contributed by atoms with Gasteiger partial charge in [-0.3, -0.25) is 0 Å². The van der Waals surface area contributed by atoms with Crippen molar-refractivity contribution in [3.63, 3.8) is 0 Å². The molecular formula is C14H31N3O2. The molecule has 0 bridgehead atoms. The van der Waals surface area contributed by atoms with E-state index in [0.29, 0.717) is 6.54 Å². The fourth-order valence-electron chi connectivity index (χ4n) is 1.93. The molecule has 114 valence electrons. The van der Waals surface area contributed by atoms with E-state index in [1.807, 2.05) is 34.7 Å². The van der Waals surface area contributed by atoms with Crippen LogP contribution in [-0.2, 0) is 4.74 Å². The van der Waals surface area contributed by atoms with Crippen LogP contribution < -0.4 is 11.1 Å². The van der Waals surface area contributed by atoms with Gasteiger partial charge in [0.25, 0.3) is 0 Å². The summed E-state index contributed by atoms with van der Waals surface area (Å²) in [6.07, 6.45) is 1.89. The first-order valence-electron chi connectivity index (χ1n) is 7.11. The summed E-state index contributed by atoms with van der Waals surface area (Å²) in [5.74, 6) is 0. The molecule has 0 saturated carbocycles. The molecule has 5 heteroatoms. The molecule has 0 radical (unpaired) electrons. The van der Waals surface area contributed by atoms with Crippen molar-refractivity contribution < 1.29 is 9.53 Å². The van der Waals surface area contributed by atoms with Crippen LogP contribution >= 0.6 is 0 Å². The third kappa shape index (κ3) is 8.06. The molecule has 19 heavy (non-hydrogen) atoms. The summed E-state index contributed by atoms with van der Waals surface area (Å²) in [6, 6.07) is 0.0841. The number of nitrogens with zero attached hydrogens (tertiary/aromatic N) is 1. The second kappa shape index (κ2) is 8.38. The Morgan fingerprint density at radius 1 is 1.42 bits per heavy atom. The first-order valence-corrected chi connectivity index (χ1v) is 7.11. The highest BCUT2D eigenvalue weighted by molar-refractivity contribution is 5.68. The maximum absolute atomic E-state index is 11.7. The lowest BCUT2D eigenvalue weighted by Crippen LogP contribution is -2.53. The van der Waals surface area contributed by atoms with Gasteiger partial charge in [-0.05, 0) is 47.7 Å². The van der Waals surface area contributed by atoms with Crippen molar-refractivity contribution in [2.75, 3.05) is 20.1 Å². The van der Waals surface area contributed by atoms with Crippen molar-refractivity contribution in [2.45, 2.75) is 65.1 Å². The van der Waals surface area contributed by atoms with Gasteiger partial charge in [0, 0.05) is 18.6 Å². The van der Waals surface area contributed by atoms with Gasteiger partial charge in [0.05, 0.1) is 0 Å². The molecule has 3 N–H and O–H groups in total. The van der Waals surface area contributed by atoms with Gasteiger partial charge in [0.1, 0.15) is 5.60 Å². The number of nitrogens with two attached hydrogens (primary N) is 1. The highest BCUT2D eigenvalue weighted by atomic mass is 16.6. The molecule has 0 aliphatic carbocycles. The van der Waals surface area contributed by atoms with Crippen LogP contribution in [0, 0.1) is 0 Å². The van der Waals surface area contributed by atoms with Gasteiger partial charge in [-0.2, -0.15) is 0 Å². The minimum absolute atomic E-state index is 0.0401. The number of hydrogen-bond acceptors (Lipinski definition) is 4. The van der Waals surface area contributed by atoms with Crippen LogP contribution in [0.3, 0.4) is 0 Å². The fourth-order valence-corrected chi connectivity index (χ4v) is 1.93. The Bertz CT molecular complexity index is 264. The van der Waals surface area contributed by atoms with Crippen molar-refractivity contribution in [3.8, 4) is 0 Å². The molecule has 1 amide bonds. The Kier molecular flexibility index (Phi) is 8.02. The Hall–Kier alpha value is -0.810. The number of likely N-dealkylation sites (N-methyl/N-ethyl adjacent to an activating group) is 1. The Balaban J connectivity index is 4.34. The Morgan fingerprint density at radius 2 is 2.00 bits per heavy atom. The van der Waals surface area contributed by atoms with Gasteiger partial charge in [0.15, 0.2) is 0 Å². The standard InChI is InChI=1S/C14H31N3O2/c1-7-8-9-17(6)12(10-15)11(2)16-13(18)19-14(3,4)5/h11-12H,7-10,15H2,1-6H3,(H,16,18). The van der Waals surface area contributed by atoms with E-state index in [4.69, 9.17) is 10.5 Å². The molecule has 2 unspecified atom stereocenters. The average molecular weight is 273 g/mol. The lowest BCUT2D eigenvalue weighted by Gasteiger charge is -2.32. The number of unbranched alkanes of at least 4 members (excludes halogenated alkanes) is 1. The van der Waals surface area contributed by atoms with E-state index in [0.717, 1.165) is 19.4 Å². The van der Waals surface area contributed by atoms with Crippen molar-refractivity contribution in [1.82, 2.24) is 10.2 Å². The normalized spacial score (nSPS) is 15.2. The molecule has 0 heterocycles. The zero-order valence-corrected chi connectivity index (χ0v) is 13.3. The van der Waals surface area contributed by atoms with Gasteiger partial charge in [0.2, 0.25) is 0 Å². The van der Waals surface area contributed by atoms with Gasteiger partial charge in [-0.1, -0.05) is 13.3 Å². The second-order valence-electron chi connectivity index (χ2n) is 6.07. The lowest BCUT2D eigenvalue weighted by atomic mass is 10.1. The van der Waals surface area contributed by atoms with Crippen LogP contribution in [0.15, 0.2) is 0 Å². The zero-order valence-electron chi connectivity index (χ0n) is 13.3. The topological polar surface area (TPSA) is 67.6 Å². The number of alkyl carbamates (subject to hydrolysis) is 1. The molecule has 0 aromatic rings. The van der Waals surface area contributed by atoms with Crippen molar-refractivity contribution in [2.24, 2.45) is 5.73 Å². The number of ether oxygens (including phenoxy) is 1. The SMILES string of the molecule is CCCCN(C)C(CN)C(C)NC(=O)OC(C)(C)C. The van der Waals surface area contributed by atoms with E-state index in [2.05, 4.69) is 17.1 Å². The molecule has 0 aromatic carbocycles. The third-order valence-corrected chi connectivity index (χ3v) is 2.99. The smallest absolute Gasteiger partial charge is 0.407 e. The molecule has 0 aromatic heterocycles. The van der Waals surface area contributed by atoms with Gasteiger partial charge in [-0.25, -0.2) is 4.79 Å². The van der Waals surface area contributed by atoms with Gasteiger partial charge in [-0.15, -0.1) is 0 Å². The minimum Gasteiger partial charge on any atom is -0.444 e. The lowest BCUT2D eigenvalue weighted by molar-refractivity contribution is 0.0478. The summed E-state index contributed by atoms with van der Waals surface area (Å²) >= 11 is 0. The van der Waals surface area contributed by atoms with Crippen LogP contribution in [0.5, 0.6) is 0 Å². The zero-order chi connectivity index (χ0) is 15.1. The van der Waals surface area contributed by atoms with Crippen LogP contribution in [-0.4, -0.2) is 48.8 Å². The third-order valence-electron chi connectivity index (χ3n) is 2.99. The van der Waals surface area contributed by atoms with Crippen LogP contribution in [0.1, 0.15) is 47.5 Å². The summed E-state index contributed by atoms with van der Waals surface area (Å²) < 4.78 is 5.25. The Labute approximate surface area is 117 Å². The first-order chi connectivity index (χ1) is 8.71. The minimum atomic E-state index is -0.476. The van der Waals surface area contributed by atoms with Gasteiger partial charge >= 0.3 is 6.09 Å². The highest BCUT2D eigenvalue weighted by Gasteiger charge is 2.24.